The number of hydrogen-bond acceptors (Lipinski definition) is 3. The second-order valence-corrected chi connectivity index (χ2v) is 5.44. The summed E-state index contributed by atoms with van der Waals surface area (Å²) in [5.74, 6) is 5.70. The van der Waals surface area contributed by atoms with Gasteiger partial charge in [0, 0.05) is 24.7 Å². The number of anilines is 1. The monoisotopic (exact) mass is 335 g/mol. The van der Waals surface area contributed by atoms with Crippen molar-refractivity contribution >= 4 is 17.5 Å². The number of nitrogens with two attached hydrogens (primary N) is 1. The van der Waals surface area contributed by atoms with Crippen LogP contribution in [0.5, 0.6) is 0 Å². The van der Waals surface area contributed by atoms with Crippen LogP contribution in [0.25, 0.3) is 0 Å². The Labute approximate surface area is 147 Å². The van der Waals surface area contributed by atoms with E-state index in [1.54, 1.807) is 31.3 Å². The smallest absolute Gasteiger partial charge is 0.254 e. The van der Waals surface area contributed by atoms with E-state index in [0.717, 1.165) is 11.1 Å². The lowest BCUT2D eigenvalue weighted by atomic mass is 10.1. The highest BCUT2D eigenvalue weighted by Gasteiger charge is 2.06. The normalized spacial score (nSPS) is 9.64. The molecule has 2 aromatic carbocycles. The summed E-state index contributed by atoms with van der Waals surface area (Å²) < 4.78 is 0. The number of carbonyl (C=O) groups is 2. The van der Waals surface area contributed by atoms with Gasteiger partial charge in [-0.05, 0) is 36.2 Å². The molecule has 0 radical (unpaired) electrons. The van der Waals surface area contributed by atoms with Gasteiger partial charge in [0.1, 0.15) is 0 Å². The second kappa shape index (κ2) is 9.14. The molecule has 2 aromatic rings. The van der Waals surface area contributed by atoms with Gasteiger partial charge in [-0.3, -0.25) is 9.59 Å². The van der Waals surface area contributed by atoms with Gasteiger partial charge in [0.25, 0.3) is 5.91 Å². The maximum absolute atomic E-state index is 12.0. The molecular weight excluding hydrogens is 314 g/mol. The Bertz CT molecular complexity index is 802. The minimum Gasteiger partial charge on any atom is -0.398 e. The molecule has 0 aromatic heterocycles. The molecule has 0 atom stereocenters. The van der Waals surface area contributed by atoms with E-state index in [4.69, 9.17) is 5.73 Å². The van der Waals surface area contributed by atoms with Crippen molar-refractivity contribution in [3.63, 3.8) is 0 Å². The summed E-state index contributed by atoms with van der Waals surface area (Å²) in [7, 11) is 1.63. The van der Waals surface area contributed by atoms with Crippen LogP contribution in [0.15, 0.2) is 48.5 Å². The first kappa shape index (κ1) is 18.1. The van der Waals surface area contributed by atoms with Crippen LogP contribution in [0.2, 0.25) is 0 Å². The van der Waals surface area contributed by atoms with Crippen molar-refractivity contribution in [2.24, 2.45) is 0 Å². The lowest BCUT2D eigenvalue weighted by Gasteiger charge is -2.04. The van der Waals surface area contributed by atoms with Gasteiger partial charge in [-0.1, -0.05) is 36.1 Å². The van der Waals surface area contributed by atoms with Crippen LogP contribution >= 0.6 is 0 Å². The number of carbonyl (C=O) groups excluding carboxylic acids is 2. The minimum absolute atomic E-state index is 0.0265. The van der Waals surface area contributed by atoms with Gasteiger partial charge in [0.05, 0.1) is 12.1 Å². The fourth-order valence-electron chi connectivity index (χ4n) is 2.21. The summed E-state index contributed by atoms with van der Waals surface area (Å²) in [5.41, 5.74) is 8.60. The van der Waals surface area contributed by atoms with Crippen LogP contribution in [0.4, 0.5) is 5.69 Å². The molecular formula is C20H21N3O2. The van der Waals surface area contributed by atoms with E-state index in [9.17, 15) is 9.59 Å². The summed E-state index contributed by atoms with van der Waals surface area (Å²) in [5, 5.41) is 5.33. The zero-order valence-corrected chi connectivity index (χ0v) is 14.1. The highest BCUT2D eigenvalue weighted by molar-refractivity contribution is 5.99. The number of hydrogen-bond donors (Lipinski definition) is 3. The maximum Gasteiger partial charge on any atom is 0.254 e. The van der Waals surface area contributed by atoms with Gasteiger partial charge in [0.2, 0.25) is 5.91 Å². The number of nitrogen functional groups attached to an aromatic ring is 1. The van der Waals surface area contributed by atoms with E-state index in [0.29, 0.717) is 24.1 Å². The highest BCUT2D eigenvalue weighted by atomic mass is 16.2. The van der Waals surface area contributed by atoms with Crippen molar-refractivity contribution in [1.29, 1.82) is 0 Å². The molecule has 4 N–H and O–H groups in total. The summed E-state index contributed by atoms with van der Waals surface area (Å²) in [6, 6.07) is 14.6. The van der Waals surface area contributed by atoms with Crippen molar-refractivity contribution in [1.82, 2.24) is 10.6 Å². The first-order valence-corrected chi connectivity index (χ1v) is 8.01. The molecule has 2 rings (SSSR count). The van der Waals surface area contributed by atoms with Crippen molar-refractivity contribution in [3.8, 4) is 11.8 Å². The molecule has 0 fully saturated rings. The van der Waals surface area contributed by atoms with Gasteiger partial charge < -0.3 is 16.4 Å². The molecule has 5 heteroatoms. The Morgan fingerprint density at radius 1 is 1.08 bits per heavy atom. The first-order valence-electron chi connectivity index (χ1n) is 8.01. The molecule has 128 valence electrons. The minimum atomic E-state index is -0.239. The summed E-state index contributed by atoms with van der Waals surface area (Å²) in [6.45, 7) is 0.242. The maximum atomic E-state index is 12.0. The van der Waals surface area contributed by atoms with Crippen molar-refractivity contribution in [2.75, 3.05) is 19.3 Å². The Hall–Kier alpha value is -3.26. The number of amides is 2. The molecule has 25 heavy (non-hydrogen) atoms. The molecule has 5 nitrogen and oxygen atoms in total. The van der Waals surface area contributed by atoms with E-state index in [1.807, 2.05) is 24.3 Å². The van der Waals surface area contributed by atoms with E-state index in [-0.39, 0.29) is 18.4 Å². The van der Waals surface area contributed by atoms with Crippen LogP contribution in [-0.4, -0.2) is 25.4 Å². The number of para-hydroxylation sites is 1. The van der Waals surface area contributed by atoms with Crippen molar-refractivity contribution in [2.45, 2.75) is 12.8 Å². The molecule has 2 amide bonds. The van der Waals surface area contributed by atoms with Crippen molar-refractivity contribution < 1.29 is 9.59 Å². The van der Waals surface area contributed by atoms with Gasteiger partial charge in [-0.15, -0.1) is 0 Å². The van der Waals surface area contributed by atoms with E-state index >= 15 is 0 Å². The predicted molar refractivity (Wildman–Crippen MR) is 98.9 cm³/mol. The number of aryl methyl sites for hydroxylation is 1. The fourth-order valence-corrected chi connectivity index (χ4v) is 2.21. The Balaban J connectivity index is 1.84. The predicted octanol–water partition coefficient (Wildman–Crippen LogP) is 1.73. The van der Waals surface area contributed by atoms with Gasteiger partial charge in [0.15, 0.2) is 0 Å². The average Bonchev–Trinajstić information content (AvgIpc) is 2.64. The molecule has 0 aliphatic heterocycles. The lowest BCUT2D eigenvalue weighted by Crippen LogP contribution is -2.24. The Kier molecular flexibility index (Phi) is 6.61. The second-order valence-electron chi connectivity index (χ2n) is 5.44. The first-order chi connectivity index (χ1) is 12.1. The molecule has 0 heterocycles. The number of nitrogens with one attached hydrogen (secondary N) is 2. The topological polar surface area (TPSA) is 84.2 Å². The van der Waals surface area contributed by atoms with Crippen LogP contribution in [0.1, 0.15) is 27.9 Å². The summed E-state index contributed by atoms with van der Waals surface area (Å²) in [6.07, 6.45) is 1.16. The Morgan fingerprint density at radius 2 is 1.80 bits per heavy atom. The zero-order valence-electron chi connectivity index (χ0n) is 14.1. The third kappa shape index (κ3) is 5.70. The molecule has 0 spiro atoms. The standard InChI is InChI=1S/C20H21N3O2/c1-22-19(24)13-12-16-10-8-15(9-11-16)5-4-14-23-20(25)17-6-2-3-7-18(17)21/h2-3,6-11H,12-14,21H2,1H3,(H,22,24)(H,23,25). The molecule has 0 saturated heterocycles. The van der Waals surface area contributed by atoms with Crippen molar-refractivity contribution in [3.05, 3.63) is 65.2 Å². The number of rotatable bonds is 5. The quantitative estimate of drug-likeness (QED) is 0.575. The fraction of sp³-hybridized carbons (Fsp3) is 0.200. The SMILES string of the molecule is CNC(=O)CCc1ccc(C#CCNC(=O)c2ccccc2N)cc1. The van der Waals surface area contributed by atoms with Gasteiger partial charge in [-0.25, -0.2) is 0 Å². The van der Waals surface area contributed by atoms with Gasteiger partial charge in [-0.2, -0.15) is 0 Å². The summed E-state index contributed by atoms with van der Waals surface area (Å²) in [4.78, 5) is 23.2. The van der Waals surface area contributed by atoms with Crippen LogP contribution in [0, 0.1) is 11.8 Å². The van der Waals surface area contributed by atoms with Gasteiger partial charge >= 0.3 is 0 Å². The molecule has 0 unspecified atom stereocenters. The van der Waals surface area contributed by atoms with Crippen LogP contribution in [-0.2, 0) is 11.2 Å². The highest BCUT2D eigenvalue weighted by Crippen LogP contribution is 2.09. The lowest BCUT2D eigenvalue weighted by molar-refractivity contribution is -0.120. The van der Waals surface area contributed by atoms with Crippen LogP contribution in [0.3, 0.4) is 0 Å². The largest absolute Gasteiger partial charge is 0.398 e. The summed E-state index contributed by atoms with van der Waals surface area (Å²) >= 11 is 0. The van der Waals surface area contributed by atoms with Crippen LogP contribution < -0.4 is 16.4 Å². The molecule has 0 aliphatic rings. The molecule has 0 aliphatic carbocycles. The molecule has 0 bridgehead atoms. The van der Waals surface area contributed by atoms with E-state index in [2.05, 4.69) is 22.5 Å². The molecule has 0 saturated carbocycles. The Morgan fingerprint density at radius 3 is 2.48 bits per heavy atom. The third-order valence-corrected chi connectivity index (χ3v) is 3.65. The number of benzene rings is 2. The zero-order chi connectivity index (χ0) is 18.1. The third-order valence-electron chi connectivity index (χ3n) is 3.65. The van der Waals surface area contributed by atoms with E-state index < -0.39 is 0 Å². The van der Waals surface area contributed by atoms with E-state index in [1.165, 1.54) is 0 Å². The average molecular weight is 335 g/mol.